The van der Waals surface area contributed by atoms with Crippen molar-refractivity contribution < 1.29 is 18.4 Å². The Bertz CT molecular complexity index is 1330. The summed E-state index contributed by atoms with van der Waals surface area (Å²) in [5.74, 6) is 1.15. The molecule has 35 heavy (non-hydrogen) atoms. The van der Waals surface area contributed by atoms with Gasteiger partial charge in [0.05, 0.1) is 16.8 Å². The molecular weight excluding hydrogens is 445 g/mol. The molecule has 1 aliphatic rings. The molecule has 1 amide bonds. The molecule has 1 N–H and O–H groups in total. The van der Waals surface area contributed by atoms with E-state index in [9.17, 15) is 9.18 Å². The van der Waals surface area contributed by atoms with Gasteiger partial charge in [-0.2, -0.15) is 0 Å². The molecule has 0 radical (unpaired) electrons. The largest absolute Gasteiger partial charge is 0.488 e. The zero-order chi connectivity index (χ0) is 24.4. The van der Waals surface area contributed by atoms with Gasteiger partial charge in [-0.3, -0.25) is 4.79 Å². The number of nitrogens with zero attached hydrogens (tertiary/aromatic N) is 2. The van der Waals surface area contributed by atoms with Gasteiger partial charge in [-0.15, -0.1) is 0 Å². The lowest BCUT2D eigenvalue weighted by molar-refractivity contribution is 0.0944. The molecule has 4 aromatic rings. The first-order valence-electron chi connectivity index (χ1n) is 11.8. The molecule has 1 saturated heterocycles. The number of hydrogen-bond donors (Lipinski definition) is 1. The quantitative estimate of drug-likeness (QED) is 0.388. The number of amides is 1. The van der Waals surface area contributed by atoms with E-state index in [2.05, 4.69) is 15.4 Å². The second-order valence-corrected chi connectivity index (χ2v) is 9.07. The van der Waals surface area contributed by atoms with Crippen molar-refractivity contribution in [2.75, 3.05) is 24.5 Å². The van der Waals surface area contributed by atoms with Gasteiger partial charge in [0.1, 0.15) is 23.9 Å². The summed E-state index contributed by atoms with van der Waals surface area (Å²) in [4.78, 5) is 15.5. The Labute approximate surface area is 203 Å². The molecule has 6 nitrogen and oxygen atoms in total. The Balaban J connectivity index is 1.29. The third-order valence-corrected chi connectivity index (χ3v) is 6.67. The van der Waals surface area contributed by atoms with Crippen molar-refractivity contribution in [3.05, 3.63) is 89.1 Å². The standard InChI is InChI=1S/C28H28FN3O3/c1-18-26(19(2)35-31-18)17-34-27-14-22-6-4-3-5-21(22)13-25(27)28(33)30-15-20-11-12-32(16-20)24-9-7-23(29)8-10-24/h3-10,13-14,20H,11-12,15-17H2,1-2H3,(H,30,33). The highest BCUT2D eigenvalue weighted by atomic mass is 19.1. The Hall–Kier alpha value is -3.87. The van der Waals surface area contributed by atoms with E-state index in [0.29, 0.717) is 29.5 Å². The number of anilines is 1. The van der Waals surface area contributed by atoms with Crippen LogP contribution in [0.25, 0.3) is 10.8 Å². The number of hydrogen-bond acceptors (Lipinski definition) is 5. The van der Waals surface area contributed by atoms with Gasteiger partial charge in [0.15, 0.2) is 0 Å². The van der Waals surface area contributed by atoms with Gasteiger partial charge in [0.25, 0.3) is 5.91 Å². The lowest BCUT2D eigenvalue weighted by atomic mass is 10.0. The smallest absolute Gasteiger partial charge is 0.255 e. The summed E-state index contributed by atoms with van der Waals surface area (Å²) in [5.41, 5.74) is 3.17. The Morgan fingerprint density at radius 2 is 1.89 bits per heavy atom. The molecule has 180 valence electrons. The van der Waals surface area contributed by atoms with E-state index in [4.69, 9.17) is 9.26 Å². The summed E-state index contributed by atoms with van der Waals surface area (Å²) in [5, 5.41) is 9.07. The SMILES string of the molecule is Cc1noc(C)c1COc1cc2ccccc2cc1C(=O)NCC1CCN(c2ccc(F)cc2)C1. The van der Waals surface area contributed by atoms with Gasteiger partial charge < -0.3 is 19.5 Å². The molecule has 1 fully saturated rings. The summed E-state index contributed by atoms with van der Waals surface area (Å²) in [7, 11) is 0. The molecule has 1 unspecified atom stereocenters. The van der Waals surface area contributed by atoms with Crippen LogP contribution in [-0.2, 0) is 6.61 Å². The summed E-state index contributed by atoms with van der Waals surface area (Å²) in [6, 6.07) is 18.3. The molecule has 0 saturated carbocycles. The van der Waals surface area contributed by atoms with E-state index < -0.39 is 0 Å². The number of aryl methyl sites for hydroxylation is 2. The van der Waals surface area contributed by atoms with Crippen molar-refractivity contribution >= 4 is 22.4 Å². The summed E-state index contributed by atoms with van der Waals surface area (Å²) in [6.45, 7) is 6.26. The number of aromatic nitrogens is 1. The fourth-order valence-electron chi connectivity index (χ4n) is 4.59. The molecule has 5 rings (SSSR count). The number of rotatable bonds is 7. The molecular formula is C28H28FN3O3. The number of carbonyl (C=O) groups excluding carboxylic acids is 1. The second kappa shape index (κ2) is 9.78. The highest BCUT2D eigenvalue weighted by Crippen LogP contribution is 2.28. The van der Waals surface area contributed by atoms with Crippen LogP contribution >= 0.6 is 0 Å². The normalized spacial score (nSPS) is 15.5. The molecule has 0 bridgehead atoms. The van der Waals surface area contributed by atoms with Crippen LogP contribution < -0.4 is 15.0 Å². The number of nitrogens with one attached hydrogen (secondary N) is 1. The van der Waals surface area contributed by atoms with Crippen molar-refractivity contribution in [3.8, 4) is 5.75 Å². The predicted molar refractivity (Wildman–Crippen MR) is 133 cm³/mol. The van der Waals surface area contributed by atoms with E-state index in [1.807, 2.05) is 50.2 Å². The second-order valence-electron chi connectivity index (χ2n) is 9.07. The Kier molecular flexibility index (Phi) is 6.40. The fourth-order valence-corrected chi connectivity index (χ4v) is 4.59. The number of fused-ring (bicyclic) bond motifs is 1. The van der Waals surface area contributed by atoms with E-state index in [1.165, 1.54) is 12.1 Å². The monoisotopic (exact) mass is 473 g/mol. The maximum atomic E-state index is 13.3. The molecule has 1 aliphatic heterocycles. The van der Waals surface area contributed by atoms with E-state index in [-0.39, 0.29) is 18.3 Å². The van der Waals surface area contributed by atoms with Gasteiger partial charge in [-0.05, 0) is 73.4 Å². The summed E-state index contributed by atoms with van der Waals surface area (Å²) >= 11 is 0. The van der Waals surface area contributed by atoms with Crippen LogP contribution in [0.5, 0.6) is 5.75 Å². The molecule has 1 atom stereocenters. The first-order valence-corrected chi connectivity index (χ1v) is 11.8. The van der Waals surface area contributed by atoms with Crippen LogP contribution in [-0.4, -0.2) is 30.7 Å². The minimum Gasteiger partial charge on any atom is -0.488 e. The molecule has 2 heterocycles. The van der Waals surface area contributed by atoms with Gasteiger partial charge in [-0.1, -0.05) is 29.4 Å². The van der Waals surface area contributed by atoms with Gasteiger partial charge in [0.2, 0.25) is 0 Å². The van der Waals surface area contributed by atoms with Crippen molar-refractivity contribution in [1.29, 1.82) is 0 Å². The lowest BCUT2D eigenvalue weighted by Crippen LogP contribution is -2.31. The van der Waals surface area contributed by atoms with Crippen LogP contribution in [0.15, 0.2) is 65.2 Å². The lowest BCUT2D eigenvalue weighted by Gasteiger charge is -2.19. The average Bonchev–Trinajstić information content (AvgIpc) is 3.47. The van der Waals surface area contributed by atoms with Crippen LogP contribution in [0.4, 0.5) is 10.1 Å². The van der Waals surface area contributed by atoms with Gasteiger partial charge in [0, 0.05) is 25.3 Å². The third-order valence-electron chi connectivity index (χ3n) is 6.67. The van der Waals surface area contributed by atoms with E-state index in [1.54, 1.807) is 12.1 Å². The van der Waals surface area contributed by atoms with Crippen LogP contribution in [0.3, 0.4) is 0 Å². The molecule has 0 aliphatic carbocycles. The molecule has 3 aromatic carbocycles. The number of carbonyl (C=O) groups is 1. The van der Waals surface area contributed by atoms with Crippen LogP contribution in [0.2, 0.25) is 0 Å². The zero-order valence-electron chi connectivity index (χ0n) is 19.9. The van der Waals surface area contributed by atoms with Crippen molar-refractivity contribution in [1.82, 2.24) is 10.5 Å². The van der Waals surface area contributed by atoms with E-state index >= 15 is 0 Å². The van der Waals surface area contributed by atoms with Crippen LogP contribution in [0, 0.1) is 25.6 Å². The molecule has 0 spiro atoms. The maximum absolute atomic E-state index is 13.3. The van der Waals surface area contributed by atoms with E-state index in [0.717, 1.165) is 47.2 Å². The fraction of sp³-hybridized carbons (Fsp3) is 0.286. The Morgan fingerprint density at radius 3 is 2.60 bits per heavy atom. The third kappa shape index (κ3) is 4.99. The van der Waals surface area contributed by atoms with Crippen LogP contribution in [0.1, 0.15) is 33.8 Å². The maximum Gasteiger partial charge on any atom is 0.255 e. The first kappa shape index (κ1) is 22.9. The number of halogens is 1. The van der Waals surface area contributed by atoms with Gasteiger partial charge in [-0.25, -0.2) is 4.39 Å². The van der Waals surface area contributed by atoms with Crippen molar-refractivity contribution in [3.63, 3.8) is 0 Å². The zero-order valence-corrected chi connectivity index (χ0v) is 19.9. The van der Waals surface area contributed by atoms with Crippen molar-refractivity contribution in [2.24, 2.45) is 5.92 Å². The Morgan fingerprint density at radius 1 is 1.14 bits per heavy atom. The minimum atomic E-state index is -0.237. The predicted octanol–water partition coefficient (Wildman–Crippen LogP) is 5.42. The highest BCUT2D eigenvalue weighted by molar-refractivity contribution is 6.01. The average molecular weight is 474 g/mol. The number of ether oxygens (including phenoxy) is 1. The minimum absolute atomic E-state index is 0.162. The highest BCUT2D eigenvalue weighted by Gasteiger charge is 2.24. The number of benzene rings is 3. The molecule has 1 aromatic heterocycles. The first-order chi connectivity index (χ1) is 17.0. The topological polar surface area (TPSA) is 67.6 Å². The van der Waals surface area contributed by atoms with Crippen molar-refractivity contribution in [2.45, 2.75) is 26.9 Å². The van der Waals surface area contributed by atoms with Gasteiger partial charge >= 0.3 is 0 Å². The molecule has 7 heteroatoms. The summed E-state index contributed by atoms with van der Waals surface area (Å²) in [6.07, 6.45) is 0.963. The summed E-state index contributed by atoms with van der Waals surface area (Å²) < 4.78 is 24.6.